The van der Waals surface area contributed by atoms with Gasteiger partial charge in [0.25, 0.3) is 0 Å². The average molecular weight is 175 g/mol. The number of nitrogens with two attached hydrogens (primary N) is 2. The summed E-state index contributed by atoms with van der Waals surface area (Å²) in [7, 11) is 0. The van der Waals surface area contributed by atoms with Gasteiger partial charge in [-0.3, -0.25) is 0 Å². The van der Waals surface area contributed by atoms with E-state index in [9.17, 15) is 0 Å². The smallest absolute Gasteiger partial charge is 0.222 e. The molecule has 0 saturated carbocycles. The molecule has 2 heterocycles. The SMILES string of the molecule is Nc1cc(-c2ccc[nH]2)nc(N)n1. The standard InChI is InChI=1S/C8H9N5/c9-7-4-6(12-8(10)13-7)5-2-1-3-11-5/h1-4,11H,(H4,9,10,12,13). The van der Waals surface area contributed by atoms with Crippen molar-refractivity contribution in [2.24, 2.45) is 0 Å². The fraction of sp³-hybridized carbons (Fsp3) is 0. The molecule has 0 fully saturated rings. The van der Waals surface area contributed by atoms with E-state index in [1.165, 1.54) is 0 Å². The number of aromatic nitrogens is 3. The molecule has 2 rings (SSSR count). The van der Waals surface area contributed by atoms with Gasteiger partial charge in [0.15, 0.2) is 0 Å². The van der Waals surface area contributed by atoms with Gasteiger partial charge in [-0.25, -0.2) is 4.98 Å². The minimum atomic E-state index is 0.185. The fourth-order valence-electron chi connectivity index (χ4n) is 1.11. The molecule has 0 amide bonds. The van der Waals surface area contributed by atoms with Crippen molar-refractivity contribution in [2.45, 2.75) is 0 Å². The predicted molar refractivity (Wildman–Crippen MR) is 50.6 cm³/mol. The highest BCUT2D eigenvalue weighted by atomic mass is 15.0. The highest BCUT2D eigenvalue weighted by Crippen LogP contribution is 2.16. The van der Waals surface area contributed by atoms with Gasteiger partial charge in [0, 0.05) is 12.3 Å². The summed E-state index contributed by atoms with van der Waals surface area (Å²) >= 11 is 0. The molecule has 0 unspecified atom stereocenters. The zero-order chi connectivity index (χ0) is 9.26. The maximum Gasteiger partial charge on any atom is 0.222 e. The van der Waals surface area contributed by atoms with E-state index in [4.69, 9.17) is 11.5 Å². The minimum absolute atomic E-state index is 0.185. The van der Waals surface area contributed by atoms with Gasteiger partial charge in [0.1, 0.15) is 5.82 Å². The van der Waals surface area contributed by atoms with E-state index in [2.05, 4.69) is 15.0 Å². The van der Waals surface area contributed by atoms with Gasteiger partial charge in [-0.15, -0.1) is 0 Å². The molecule has 0 aliphatic carbocycles. The predicted octanol–water partition coefficient (Wildman–Crippen LogP) is 0.636. The third-order valence-electron chi connectivity index (χ3n) is 1.64. The third kappa shape index (κ3) is 1.44. The van der Waals surface area contributed by atoms with Gasteiger partial charge in [0.05, 0.1) is 11.4 Å². The molecule has 13 heavy (non-hydrogen) atoms. The molecule has 5 heteroatoms. The van der Waals surface area contributed by atoms with E-state index in [1.54, 1.807) is 6.07 Å². The highest BCUT2D eigenvalue weighted by Gasteiger charge is 2.02. The van der Waals surface area contributed by atoms with Crippen LogP contribution in [0, 0.1) is 0 Å². The fourth-order valence-corrected chi connectivity index (χ4v) is 1.11. The van der Waals surface area contributed by atoms with Crippen LogP contribution in [0.15, 0.2) is 24.4 Å². The number of rotatable bonds is 1. The lowest BCUT2D eigenvalue weighted by Gasteiger charge is -1.99. The second-order valence-corrected chi connectivity index (χ2v) is 2.62. The summed E-state index contributed by atoms with van der Waals surface area (Å²) in [6.07, 6.45) is 1.81. The molecule has 0 aliphatic heterocycles. The Kier molecular flexibility index (Phi) is 1.63. The summed E-state index contributed by atoms with van der Waals surface area (Å²) in [5.74, 6) is 0.557. The number of nitrogen functional groups attached to an aromatic ring is 2. The third-order valence-corrected chi connectivity index (χ3v) is 1.64. The van der Waals surface area contributed by atoms with Gasteiger partial charge < -0.3 is 16.5 Å². The quantitative estimate of drug-likeness (QED) is 0.592. The van der Waals surface area contributed by atoms with E-state index in [1.807, 2.05) is 18.3 Å². The number of nitrogens with one attached hydrogen (secondary N) is 1. The van der Waals surface area contributed by atoms with Crippen LogP contribution in [0.1, 0.15) is 0 Å². The summed E-state index contributed by atoms with van der Waals surface area (Å²) < 4.78 is 0. The van der Waals surface area contributed by atoms with Gasteiger partial charge in [-0.2, -0.15) is 4.98 Å². The van der Waals surface area contributed by atoms with Crippen molar-refractivity contribution in [1.82, 2.24) is 15.0 Å². The summed E-state index contributed by atoms with van der Waals surface area (Å²) in [6, 6.07) is 5.44. The van der Waals surface area contributed by atoms with E-state index in [0.29, 0.717) is 11.5 Å². The molecule has 0 aliphatic rings. The summed E-state index contributed by atoms with van der Waals surface area (Å²) in [6.45, 7) is 0. The first kappa shape index (κ1) is 7.60. The van der Waals surface area contributed by atoms with Crippen molar-refractivity contribution in [3.05, 3.63) is 24.4 Å². The molecular weight excluding hydrogens is 166 g/mol. The topological polar surface area (TPSA) is 93.6 Å². The molecule has 0 saturated heterocycles. The van der Waals surface area contributed by atoms with Crippen molar-refractivity contribution in [1.29, 1.82) is 0 Å². The Morgan fingerprint density at radius 2 is 2.08 bits per heavy atom. The highest BCUT2D eigenvalue weighted by molar-refractivity contribution is 5.59. The molecular formula is C8H9N5. The molecule has 2 aromatic heterocycles. The van der Waals surface area contributed by atoms with Crippen molar-refractivity contribution < 1.29 is 0 Å². The molecule has 2 aromatic rings. The van der Waals surface area contributed by atoms with Crippen LogP contribution in [-0.2, 0) is 0 Å². The minimum Gasteiger partial charge on any atom is -0.384 e. The first-order valence-electron chi connectivity index (χ1n) is 3.79. The zero-order valence-corrected chi connectivity index (χ0v) is 6.86. The summed E-state index contributed by atoms with van der Waals surface area (Å²) in [4.78, 5) is 10.8. The van der Waals surface area contributed by atoms with Crippen LogP contribution in [0.25, 0.3) is 11.4 Å². The number of H-pyrrole nitrogens is 1. The van der Waals surface area contributed by atoms with Crippen molar-refractivity contribution >= 4 is 11.8 Å². The Bertz CT molecular complexity index is 386. The Morgan fingerprint density at radius 3 is 2.69 bits per heavy atom. The summed E-state index contributed by atoms with van der Waals surface area (Å²) in [5, 5.41) is 0. The van der Waals surface area contributed by atoms with E-state index in [0.717, 1.165) is 5.69 Å². The van der Waals surface area contributed by atoms with E-state index >= 15 is 0 Å². The van der Waals surface area contributed by atoms with Crippen molar-refractivity contribution in [2.75, 3.05) is 11.5 Å². The van der Waals surface area contributed by atoms with E-state index < -0.39 is 0 Å². The molecule has 0 spiro atoms. The maximum absolute atomic E-state index is 5.52. The monoisotopic (exact) mass is 175 g/mol. The molecule has 0 radical (unpaired) electrons. The molecule has 5 nitrogen and oxygen atoms in total. The summed E-state index contributed by atoms with van der Waals surface area (Å²) in [5.41, 5.74) is 12.5. The van der Waals surface area contributed by atoms with Gasteiger partial charge >= 0.3 is 0 Å². The normalized spacial score (nSPS) is 10.2. The number of hydrogen-bond donors (Lipinski definition) is 3. The molecule has 66 valence electrons. The van der Waals surface area contributed by atoms with Gasteiger partial charge in [-0.1, -0.05) is 0 Å². The average Bonchev–Trinajstić information content (AvgIpc) is 2.53. The Hall–Kier alpha value is -2.04. The lowest BCUT2D eigenvalue weighted by molar-refractivity contribution is 1.18. The first-order chi connectivity index (χ1) is 6.25. The second-order valence-electron chi connectivity index (χ2n) is 2.62. The van der Waals surface area contributed by atoms with Crippen LogP contribution in [0.3, 0.4) is 0 Å². The number of anilines is 2. The molecule has 0 bridgehead atoms. The lowest BCUT2D eigenvalue weighted by atomic mass is 10.3. The van der Waals surface area contributed by atoms with E-state index in [-0.39, 0.29) is 5.95 Å². The zero-order valence-electron chi connectivity index (χ0n) is 6.86. The Balaban J connectivity index is 2.53. The van der Waals surface area contributed by atoms with Crippen LogP contribution >= 0.6 is 0 Å². The van der Waals surface area contributed by atoms with Crippen LogP contribution < -0.4 is 11.5 Å². The van der Waals surface area contributed by atoms with Crippen LogP contribution in [0.4, 0.5) is 11.8 Å². The lowest BCUT2D eigenvalue weighted by Crippen LogP contribution is -2.00. The van der Waals surface area contributed by atoms with Crippen molar-refractivity contribution in [3.63, 3.8) is 0 Å². The second kappa shape index (κ2) is 2.78. The number of nitrogens with zero attached hydrogens (tertiary/aromatic N) is 2. The Labute approximate surface area is 74.8 Å². The van der Waals surface area contributed by atoms with Crippen LogP contribution in [0.2, 0.25) is 0 Å². The first-order valence-corrected chi connectivity index (χ1v) is 3.79. The van der Waals surface area contributed by atoms with Gasteiger partial charge in [0.2, 0.25) is 5.95 Å². The number of hydrogen-bond acceptors (Lipinski definition) is 4. The molecule has 0 atom stereocenters. The van der Waals surface area contributed by atoms with Crippen molar-refractivity contribution in [3.8, 4) is 11.4 Å². The Morgan fingerprint density at radius 1 is 1.23 bits per heavy atom. The maximum atomic E-state index is 5.52. The molecule has 5 N–H and O–H groups in total. The number of aromatic amines is 1. The van der Waals surface area contributed by atoms with Gasteiger partial charge in [-0.05, 0) is 12.1 Å². The van der Waals surface area contributed by atoms with Crippen LogP contribution in [-0.4, -0.2) is 15.0 Å². The molecule has 0 aromatic carbocycles. The largest absolute Gasteiger partial charge is 0.384 e. The van der Waals surface area contributed by atoms with Crippen LogP contribution in [0.5, 0.6) is 0 Å².